The molecule has 0 aromatic carbocycles. The molecule has 1 saturated heterocycles. The van der Waals surface area contributed by atoms with E-state index in [2.05, 4.69) is 10.3 Å². The van der Waals surface area contributed by atoms with Crippen molar-refractivity contribution in [2.75, 3.05) is 19.6 Å². The van der Waals surface area contributed by atoms with Crippen LogP contribution in [0, 0.1) is 0 Å². The third-order valence-electron chi connectivity index (χ3n) is 2.72. The Bertz CT molecular complexity index is 445. The predicted molar refractivity (Wildman–Crippen MR) is 64.2 cm³/mol. The van der Waals surface area contributed by atoms with Crippen LogP contribution in [0.5, 0.6) is 0 Å². The highest BCUT2D eigenvalue weighted by Gasteiger charge is 2.16. The van der Waals surface area contributed by atoms with E-state index in [4.69, 9.17) is 5.84 Å². The summed E-state index contributed by atoms with van der Waals surface area (Å²) in [5.41, 5.74) is 3.28. The summed E-state index contributed by atoms with van der Waals surface area (Å²) >= 11 is 0. The Kier molecular flexibility index (Phi) is 3.85. The summed E-state index contributed by atoms with van der Waals surface area (Å²) in [6.45, 7) is 2.44. The number of hydrogen-bond acceptors (Lipinski definition) is 5. The molecule has 1 aliphatic rings. The molecular weight excluding hydrogens is 234 g/mol. The Hall–Kier alpha value is -1.99. The number of rotatable bonds is 3. The molecule has 1 aromatic rings. The van der Waals surface area contributed by atoms with Crippen LogP contribution < -0.4 is 16.6 Å². The number of carbonyl (C=O) groups excluding carboxylic acids is 2. The van der Waals surface area contributed by atoms with Crippen molar-refractivity contribution >= 4 is 11.8 Å². The second kappa shape index (κ2) is 5.56. The van der Waals surface area contributed by atoms with Crippen molar-refractivity contribution in [3.63, 3.8) is 0 Å². The molecular formula is C11H15N5O2. The van der Waals surface area contributed by atoms with Gasteiger partial charge in [-0.1, -0.05) is 0 Å². The van der Waals surface area contributed by atoms with Crippen molar-refractivity contribution in [1.29, 1.82) is 0 Å². The van der Waals surface area contributed by atoms with E-state index >= 15 is 0 Å². The molecule has 18 heavy (non-hydrogen) atoms. The normalized spacial score (nSPS) is 16.2. The summed E-state index contributed by atoms with van der Waals surface area (Å²) in [6, 6.07) is 3.42. The summed E-state index contributed by atoms with van der Waals surface area (Å²) in [4.78, 5) is 28.6. The van der Waals surface area contributed by atoms with E-state index < -0.39 is 0 Å². The van der Waals surface area contributed by atoms with Crippen LogP contribution in [0.15, 0.2) is 18.3 Å². The highest BCUT2D eigenvalue weighted by atomic mass is 16.2. The molecule has 0 bridgehead atoms. The molecule has 0 aliphatic carbocycles. The van der Waals surface area contributed by atoms with Gasteiger partial charge in [-0.15, -0.1) is 0 Å². The van der Waals surface area contributed by atoms with E-state index in [9.17, 15) is 9.59 Å². The highest BCUT2D eigenvalue weighted by molar-refractivity contribution is 5.93. The summed E-state index contributed by atoms with van der Waals surface area (Å²) < 4.78 is 0. The van der Waals surface area contributed by atoms with Gasteiger partial charge in [-0.05, 0) is 12.1 Å². The van der Waals surface area contributed by atoms with Gasteiger partial charge in [0, 0.05) is 25.8 Å². The zero-order chi connectivity index (χ0) is 13.0. The first-order chi connectivity index (χ1) is 8.69. The smallest absolute Gasteiger partial charge is 0.266 e. The second-order valence-electron chi connectivity index (χ2n) is 4.07. The van der Waals surface area contributed by atoms with Gasteiger partial charge < -0.3 is 5.32 Å². The van der Waals surface area contributed by atoms with Crippen LogP contribution in [0.2, 0.25) is 0 Å². The van der Waals surface area contributed by atoms with E-state index in [1.165, 1.54) is 6.20 Å². The molecule has 0 saturated carbocycles. The SMILES string of the molecule is NNC(=O)c1ccc(CN2CCNC(=O)C2)nc1. The lowest BCUT2D eigenvalue weighted by Crippen LogP contribution is -2.47. The Balaban J connectivity index is 1.97. The van der Waals surface area contributed by atoms with Crippen LogP contribution in [0.25, 0.3) is 0 Å². The first-order valence-electron chi connectivity index (χ1n) is 5.64. The van der Waals surface area contributed by atoms with Gasteiger partial charge in [-0.2, -0.15) is 0 Å². The molecule has 0 radical (unpaired) electrons. The first kappa shape index (κ1) is 12.5. The molecule has 0 unspecified atom stereocenters. The molecule has 2 rings (SSSR count). The number of aromatic nitrogens is 1. The number of nitrogens with zero attached hydrogens (tertiary/aromatic N) is 2. The van der Waals surface area contributed by atoms with Crippen LogP contribution in [-0.4, -0.2) is 41.3 Å². The quantitative estimate of drug-likeness (QED) is 0.348. The standard InChI is InChI=1S/C11H15N5O2/c12-15-11(18)8-1-2-9(14-5-8)6-16-4-3-13-10(17)7-16/h1-2,5H,3-4,6-7,12H2,(H,13,17)(H,15,18). The van der Waals surface area contributed by atoms with Crippen LogP contribution >= 0.6 is 0 Å². The summed E-state index contributed by atoms with van der Waals surface area (Å²) in [6.07, 6.45) is 1.47. The van der Waals surface area contributed by atoms with Crippen molar-refractivity contribution in [3.8, 4) is 0 Å². The Morgan fingerprint density at radius 2 is 2.39 bits per heavy atom. The van der Waals surface area contributed by atoms with E-state index in [1.54, 1.807) is 12.1 Å². The molecule has 7 heteroatoms. The molecule has 4 N–H and O–H groups in total. The maximum atomic E-state index is 11.2. The van der Waals surface area contributed by atoms with Gasteiger partial charge in [0.05, 0.1) is 17.8 Å². The number of piperazine rings is 1. The number of nitrogen functional groups attached to an aromatic ring is 1. The average Bonchev–Trinajstić information content (AvgIpc) is 2.39. The van der Waals surface area contributed by atoms with Crippen LogP contribution in [0.1, 0.15) is 16.1 Å². The zero-order valence-corrected chi connectivity index (χ0v) is 9.85. The molecule has 7 nitrogen and oxygen atoms in total. The maximum absolute atomic E-state index is 11.2. The third kappa shape index (κ3) is 3.02. The molecule has 0 atom stereocenters. The molecule has 1 aromatic heterocycles. The fraction of sp³-hybridized carbons (Fsp3) is 0.364. The van der Waals surface area contributed by atoms with E-state index in [1.807, 2.05) is 10.3 Å². The van der Waals surface area contributed by atoms with Gasteiger partial charge in [0.1, 0.15) is 0 Å². The lowest BCUT2D eigenvalue weighted by molar-refractivity contribution is -0.124. The van der Waals surface area contributed by atoms with Crippen molar-refractivity contribution in [3.05, 3.63) is 29.6 Å². The van der Waals surface area contributed by atoms with Crippen LogP contribution in [-0.2, 0) is 11.3 Å². The van der Waals surface area contributed by atoms with Crippen molar-refractivity contribution in [2.45, 2.75) is 6.54 Å². The Morgan fingerprint density at radius 1 is 1.56 bits per heavy atom. The zero-order valence-electron chi connectivity index (χ0n) is 9.85. The number of nitrogens with one attached hydrogen (secondary N) is 2. The number of hydrogen-bond donors (Lipinski definition) is 3. The monoisotopic (exact) mass is 249 g/mol. The van der Waals surface area contributed by atoms with Crippen LogP contribution in [0.4, 0.5) is 0 Å². The molecule has 2 amide bonds. The molecule has 1 aliphatic heterocycles. The summed E-state index contributed by atoms with van der Waals surface area (Å²) in [5, 5.41) is 2.76. The van der Waals surface area contributed by atoms with Gasteiger partial charge >= 0.3 is 0 Å². The third-order valence-corrected chi connectivity index (χ3v) is 2.72. The lowest BCUT2D eigenvalue weighted by atomic mass is 10.2. The lowest BCUT2D eigenvalue weighted by Gasteiger charge is -2.25. The number of nitrogens with two attached hydrogens (primary N) is 1. The van der Waals surface area contributed by atoms with Crippen molar-refractivity contribution < 1.29 is 9.59 Å². The maximum Gasteiger partial charge on any atom is 0.266 e. The number of pyridine rings is 1. The van der Waals surface area contributed by atoms with Gasteiger partial charge in [-0.3, -0.25) is 24.9 Å². The molecule has 96 valence electrons. The van der Waals surface area contributed by atoms with E-state index in [0.29, 0.717) is 25.2 Å². The molecule has 2 heterocycles. The first-order valence-corrected chi connectivity index (χ1v) is 5.64. The fourth-order valence-corrected chi connectivity index (χ4v) is 1.79. The minimum Gasteiger partial charge on any atom is -0.354 e. The van der Waals surface area contributed by atoms with Gasteiger partial charge in [0.25, 0.3) is 5.91 Å². The number of hydrazine groups is 1. The van der Waals surface area contributed by atoms with Gasteiger partial charge in [0.2, 0.25) is 5.91 Å². The predicted octanol–water partition coefficient (Wildman–Crippen LogP) is -1.38. The largest absolute Gasteiger partial charge is 0.354 e. The topological polar surface area (TPSA) is 100 Å². The summed E-state index contributed by atoms with van der Waals surface area (Å²) in [5.74, 6) is 4.69. The summed E-state index contributed by atoms with van der Waals surface area (Å²) in [7, 11) is 0. The number of amides is 2. The van der Waals surface area contributed by atoms with Gasteiger partial charge in [0.15, 0.2) is 0 Å². The average molecular weight is 249 g/mol. The van der Waals surface area contributed by atoms with E-state index in [-0.39, 0.29) is 11.8 Å². The van der Waals surface area contributed by atoms with Gasteiger partial charge in [-0.25, -0.2) is 5.84 Å². The van der Waals surface area contributed by atoms with Crippen molar-refractivity contribution in [1.82, 2.24) is 20.6 Å². The fourth-order valence-electron chi connectivity index (χ4n) is 1.79. The minimum atomic E-state index is -0.369. The Labute approximate surface area is 104 Å². The second-order valence-corrected chi connectivity index (χ2v) is 4.07. The number of carbonyl (C=O) groups is 2. The highest BCUT2D eigenvalue weighted by Crippen LogP contribution is 2.05. The minimum absolute atomic E-state index is 0.0281. The van der Waals surface area contributed by atoms with E-state index in [0.717, 1.165) is 12.2 Å². The molecule has 1 fully saturated rings. The van der Waals surface area contributed by atoms with Crippen molar-refractivity contribution in [2.24, 2.45) is 5.84 Å². The Morgan fingerprint density at radius 3 is 3.00 bits per heavy atom. The molecule has 0 spiro atoms. The van der Waals surface area contributed by atoms with Crippen LogP contribution in [0.3, 0.4) is 0 Å².